The Morgan fingerprint density at radius 3 is 2.63 bits per heavy atom. The zero-order valence-corrected chi connectivity index (χ0v) is 11.2. The van der Waals surface area contributed by atoms with Crippen LogP contribution in [0.3, 0.4) is 0 Å². The van der Waals surface area contributed by atoms with Crippen molar-refractivity contribution >= 4 is 11.9 Å². The lowest BCUT2D eigenvalue weighted by Crippen LogP contribution is -2.40. The van der Waals surface area contributed by atoms with Crippen LogP contribution in [-0.4, -0.2) is 35.5 Å². The summed E-state index contributed by atoms with van der Waals surface area (Å²) in [4.78, 5) is 25.7. The van der Waals surface area contributed by atoms with Crippen LogP contribution in [0.1, 0.15) is 39.0 Å². The maximum Gasteiger partial charge on any atom is 0.333 e. The number of rotatable bonds is 1. The molecule has 104 valence electrons. The van der Waals surface area contributed by atoms with E-state index in [0.717, 1.165) is 32.1 Å². The van der Waals surface area contributed by atoms with E-state index in [1.54, 1.807) is 4.90 Å². The second-order valence-electron chi connectivity index (χ2n) is 6.09. The van der Waals surface area contributed by atoms with Crippen LogP contribution in [0, 0.1) is 5.41 Å². The summed E-state index contributed by atoms with van der Waals surface area (Å²) in [5, 5.41) is 0. The maximum atomic E-state index is 12.8. The van der Waals surface area contributed by atoms with E-state index < -0.39 is 0 Å². The Morgan fingerprint density at radius 2 is 2.05 bits per heavy atom. The first kappa shape index (κ1) is 12.7. The molecule has 2 heterocycles. The Morgan fingerprint density at radius 1 is 1.37 bits per heavy atom. The minimum atomic E-state index is -0.346. The highest BCUT2D eigenvalue weighted by Gasteiger charge is 2.52. The number of hydrogen-bond acceptors (Lipinski definition) is 4. The predicted molar refractivity (Wildman–Crippen MR) is 68.8 cm³/mol. The van der Waals surface area contributed by atoms with Crippen molar-refractivity contribution in [3.05, 3.63) is 11.8 Å². The fourth-order valence-electron chi connectivity index (χ4n) is 3.73. The van der Waals surface area contributed by atoms with Crippen LogP contribution < -0.4 is 5.73 Å². The van der Waals surface area contributed by atoms with Gasteiger partial charge in [0.1, 0.15) is 6.61 Å². The lowest BCUT2D eigenvalue weighted by Gasteiger charge is -2.34. The minimum absolute atomic E-state index is 0.141. The summed E-state index contributed by atoms with van der Waals surface area (Å²) < 4.78 is 4.92. The van der Waals surface area contributed by atoms with Gasteiger partial charge in [0, 0.05) is 18.2 Å². The molecule has 0 bridgehead atoms. The third-order valence-corrected chi connectivity index (χ3v) is 4.74. The van der Waals surface area contributed by atoms with Gasteiger partial charge in [0.05, 0.1) is 11.1 Å². The molecular formula is C14H20N2O3. The second-order valence-corrected chi connectivity index (χ2v) is 6.09. The maximum absolute atomic E-state index is 12.8. The number of cyclic esters (lactones) is 1. The summed E-state index contributed by atoms with van der Waals surface area (Å²) in [7, 11) is 0. The van der Waals surface area contributed by atoms with E-state index in [0.29, 0.717) is 5.70 Å². The number of ether oxygens (including phenoxy) is 1. The van der Waals surface area contributed by atoms with Crippen LogP contribution in [0.15, 0.2) is 11.8 Å². The molecule has 2 N–H and O–H groups in total. The molecule has 19 heavy (non-hydrogen) atoms. The topological polar surface area (TPSA) is 72.6 Å². The molecule has 1 saturated heterocycles. The standard InChI is InChI=1S/C14H20N2O3/c1-9-7-14(4-2-10(15)3-5-14)13(18)16(9)11-6-12(17)19-8-11/h6,9-10H,2-5,7-8,15H2,1H3. The van der Waals surface area contributed by atoms with Crippen LogP contribution >= 0.6 is 0 Å². The van der Waals surface area contributed by atoms with E-state index in [1.807, 2.05) is 6.92 Å². The Balaban J connectivity index is 1.83. The van der Waals surface area contributed by atoms with Crippen LogP contribution in [0.4, 0.5) is 0 Å². The molecule has 2 aliphatic heterocycles. The van der Waals surface area contributed by atoms with Crippen LogP contribution in [0.25, 0.3) is 0 Å². The molecule has 1 spiro atoms. The molecule has 0 aromatic heterocycles. The molecule has 5 nitrogen and oxygen atoms in total. The average Bonchev–Trinajstić information content (AvgIpc) is 2.87. The van der Waals surface area contributed by atoms with Gasteiger partial charge in [-0.25, -0.2) is 4.79 Å². The van der Waals surface area contributed by atoms with Crippen molar-refractivity contribution in [2.75, 3.05) is 6.61 Å². The highest BCUT2D eigenvalue weighted by Crippen LogP contribution is 2.48. The monoisotopic (exact) mass is 264 g/mol. The first-order chi connectivity index (χ1) is 9.02. The SMILES string of the molecule is CC1CC2(CCC(N)CC2)C(=O)N1C1=CC(=O)OC1. The van der Waals surface area contributed by atoms with E-state index in [4.69, 9.17) is 10.5 Å². The van der Waals surface area contributed by atoms with Crippen molar-refractivity contribution in [1.82, 2.24) is 4.90 Å². The quantitative estimate of drug-likeness (QED) is 0.715. The molecule has 5 heteroatoms. The summed E-state index contributed by atoms with van der Waals surface area (Å²) >= 11 is 0. The van der Waals surface area contributed by atoms with E-state index in [1.165, 1.54) is 6.08 Å². The summed E-state index contributed by atoms with van der Waals surface area (Å²) in [5.74, 6) is -0.182. The molecule has 3 rings (SSSR count). The zero-order valence-electron chi connectivity index (χ0n) is 11.2. The van der Waals surface area contributed by atoms with E-state index in [-0.39, 0.29) is 36.0 Å². The van der Waals surface area contributed by atoms with Crippen LogP contribution in [0.5, 0.6) is 0 Å². The Hall–Kier alpha value is -1.36. The fraction of sp³-hybridized carbons (Fsp3) is 0.714. The Labute approximate surface area is 112 Å². The van der Waals surface area contributed by atoms with Gasteiger partial charge < -0.3 is 15.4 Å². The van der Waals surface area contributed by atoms with Crippen molar-refractivity contribution in [2.24, 2.45) is 11.1 Å². The first-order valence-corrected chi connectivity index (χ1v) is 6.98. The van der Waals surface area contributed by atoms with E-state index in [2.05, 4.69) is 0 Å². The molecule has 1 atom stereocenters. The number of nitrogens with two attached hydrogens (primary N) is 1. The fourth-order valence-corrected chi connectivity index (χ4v) is 3.73. The third kappa shape index (κ3) is 1.96. The van der Waals surface area contributed by atoms with E-state index >= 15 is 0 Å². The van der Waals surface area contributed by atoms with Gasteiger partial charge in [-0.3, -0.25) is 4.79 Å². The average molecular weight is 264 g/mol. The number of carbonyl (C=O) groups excluding carboxylic acids is 2. The largest absolute Gasteiger partial charge is 0.456 e. The highest BCUT2D eigenvalue weighted by atomic mass is 16.5. The van der Waals surface area contributed by atoms with Gasteiger partial charge in [-0.15, -0.1) is 0 Å². The molecule has 1 saturated carbocycles. The summed E-state index contributed by atoms with van der Waals surface area (Å²) in [6, 6.07) is 0.376. The minimum Gasteiger partial charge on any atom is -0.456 e. The number of esters is 1. The Bertz CT molecular complexity index is 450. The molecule has 1 aliphatic carbocycles. The van der Waals surface area contributed by atoms with Gasteiger partial charge in [-0.1, -0.05) is 0 Å². The molecule has 2 fully saturated rings. The van der Waals surface area contributed by atoms with Crippen LogP contribution in [-0.2, 0) is 14.3 Å². The van der Waals surface area contributed by atoms with Gasteiger partial charge >= 0.3 is 5.97 Å². The number of hydrogen-bond donors (Lipinski definition) is 1. The first-order valence-electron chi connectivity index (χ1n) is 6.98. The molecule has 3 aliphatic rings. The van der Waals surface area contributed by atoms with Gasteiger partial charge in [0.2, 0.25) is 5.91 Å². The predicted octanol–water partition coefficient (Wildman–Crippen LogP) is 0.936. The normalized spacial score (nSPS) is 38.8. The van der Waals surface area contributed by atoms with Crippen molar-refractivity contribution in [3.63, 3.8) is 0 Å². The highest BCUT2D eigenvalue weighted by molar-refractivity contribution is 5.91. The van der Waals surface area contributed by atoms with Crippen molar-refractivity contribution in [1.29, 1.82) is 0 Å². The van der Waals surface area contributed by atoms with Gasteiger partial charge in [0.15, 0.2) is 0 Å². The Kier molecular flexibility index (Phi) is 2.89. The van der Waals surface area contributed by atoms with Crippen molar-refractivity contribution in [2.45, 2.75) is 51.1 Å². The summed E-state index contributed by atoms with van der Waals surface area (Å²) in [5.41, 5.74) is 6.41. The van der Waals surface area contributed by atoms with Crippen molar-refractivity contribution < 1.29 is 14.3 Å². The molecule has 0 radical (unpaired) electrons. The van der Waals surface area contributed by atoms with Crippen molar-refractivity contribution in [3.8, 4) is 0 Å². The lowest BCUT2D eigenvalue weighted by atomic mass is 9.71. The molecule has 0 aromatic carbocycles. The molecule has 1 amide bonds. The zero-order chi connectivity index (χ0) is 13.6. The number of amides is 1. The van der Waals surface area contributed by atoms with E-state index in [9.17, 15) is 9.59 Å². The number of likely N-dealkylation sites (tertiary alicyclic amines) is 1. The second kappa shape index (κ2) is 4.34. The lowest BCUT2D eigenvalue weighted by molar-refractivity contribution is -0.138. The number of nitrogens with zero attached hydrogens (tertiary/aromatic N) is 1. The molecule has 1 unspecified atom stereocenters. The smallest absolute Gasteiger partial charge is 0.333 e. The van der Waals surface area contributed by atoms with Gasteiger partial charge in [0.25, 0.3) is 0 Å². The van der Waals surface area contributed by atoms with Crippen LogP contribution in [0.2, 0.25) is 0 Å². The molecule has 0 aromatic rings. The number of carbonyl (C=O) groups is 2. The van der Waals surface area contributed by atoms with Gasteiger partial charge in [-0.2, -0.15) is 0 Å². The summed E-state index contributed by atoms with van der Waals surface area (Å²) in [6.45, 7) is 2.27. The summed E-state index contributed by atoms with van der Waals surface area (Å²) in [6.07, 6.45) is 5.89. The molecular weight excluding hydrogens is 244 g/mol. The van der Waals surface area contributed by atoms with Gasteiger partial charge in [-0.05, 0) is 39.0 Å². The third-order valence-electron chi connectivity index (χ3n) is 4.74.